The minimum Gasteiger partial charge on any atom is -0.314 e. The number of thiophene rings is 1. The molecule has 1 aliphatic carbocycles. The van der Waals surface area contributed by atoms with Crippen LogP contribution in [0.5, 0.6) is 0 Å². The van der Waals surface area contributed by atoms with Crippen LogP contribution < -0.4 is 5.32 Å². The minimum absolute atomic E-state index is 0.424. The molecule has 1 N–H and O–H groups in total. The highest BCUT2D eigenvalue weighted by Crippen LogP contribution is 2.35. The molecule has 3 rings (SSSR count). The maximum absolute atomic E-state index is 3.66. The van der Waals surface area contributed by atoms with Gasteiger partial charge in [-0.25, -0.2) is 0 Å². The molecular weight excluding hydrogens is 264 g/mol. The van der Waals surface area contributed by atoms with E-state index in [0.29, 0.717) is 11.6 Å². The topological polar surface area (TPSA) is 15.3 Å². The van der Waals surface area contributed by atoms with Crippen molar-refractivity contribution in [1.82, 2.24) is 10.2 Å². The van der Waals surface area contributed by atoms with Crippen molar-refractivity contribution in [1.29, 1.82) is 0 Å². The molecule has 1 aliphatic heterocycles. The number of nitrogens with zero attached hydrogens (tertiary/aromatic N) is 1. The highest BCUT2D eigenvalue weighted by Gasteiger charge is 2.32. The van der Waals surface area contributed by atoms with Gasteiger partial charge in [-0.15, -0.1) is 11.3 Å². The van der Waals surface area contributed by atoms with E-state index in [2.05, 4.69) is 35.6 Å². The Morgan fingerprint density at radius 3 is 2.90 bits per heavy atom. The van der Waals surface area contributed by atoms with Crippen LogP contribution in [0.1, 0.15) is 61.9 Å². The highest BCUT2D eigenvalue weighted by molar-refractivity contribution is 7.10. The second-order valence-electron chi connectivity index (χ2n) is 6.60. The van der Waals surface area contributed by atoms with E-state index in [1.807, 2.05) is 11.3 Å². The van der Waals surface area contributed by atoms with Crippen LogP contribution in [0.2, 0.25) is 0 Å². The number of rotatable bonds is 4. The standard InChI is InChI=1S/C17H28N2S/c1-14-15-7-13-20-16(15)6-11-19(14)12-10-17(18-2)8-4-3-5-9-17/h7,13-14,18H,3-6,8-12H2,1-2H3. The summed E-state index contributed by atoms with van der Waals surface area (Å²) in [4.78, 5) is 4.32. The zero-order valence-electron chi connectivity index (χ0n) is 13.0. The predicted molar refractivity (Wildman–Crippen MR) is 87.5 cm³/mol. The van der Waals surface area contributed by atoms with Crippen molar-refractivity contribution in [2.45, 2.75) is 63.5 Å². The molecule has 0 radical (unpaired) electrons. The van der Waals surface area contributed by atoms with Gasteiger partial charge in [0.25, 0.3) is 0 Å². The van der Waals surface area contributed by atoms with Crippen molar-refractivity contribution >= 4 is 11.3 Å². The van der Waals surface area contributed by atoms with E-state index in [0.717, 1.165) is 0 Å². The third-order valence-electron chi connectivity index (χ3n) is 5.62. The Morgan fingerprint density at radius 2 is 2.15 bits per heavy atom. The van der Waals surface area contributed by atoms with Crippen molar-refractivity contribution < 1.29 is 0 Å². The third-order valence-corrected chi connectivity index (χ3v) is 6.62. The Kier molecular flexibility index (Phi) is 4.49. The smallest absolute Gasteiger partial charge is 0.0331 e. The number of nitrogens with one attached hydrogen (secondary N) is 1. The van der Waals surface area contributed by atoms with Crippen LogP contribution in [0.4, 0.5) is 0 Å². The molecule has 20 heavy (non-hydrogen) atoms. The lowest BCUT2D eigenvalue weighted by atomic mass is 9.79. The van der Waals surface area contributed by atoms with Gasteiger partial charge in [0.1, 0.15) is 0 Å². The van der Waals surface area contributed by atoms with Crippen LogP contribution >= 0.6 is 11.3 Å². The first-order valence-electron chi connectivity index (χ1n) is 8.23. The fourth-order valence-electron chi connectivity index (χ4n) is 4.08. The molecule has 1 fully saturated rings. The van der Waals surface area contributed by atoms with Gasteiger partial charge in [0.2, 0.25) is 0 Å². The molecule has 112 valence electrons. The van der Waals surface area contributed by atoms with E-state index in [-0.39, 0.29) is 0 Å². The lowest BCUT2D eigenvalue weighted by Crippen LogP contribution is -2.47. The SMILES string of the molecule is CNC1(CCN2CCc3sccc3C2C)CCCCC1. The minimum atomic E-state index is 0.424. The van der Waals surface area contributed by atoms with E-state index in [9.17, 15) is 0 Å². The molecule has 1 saturated carbocycles. The van der Waals surface area contributed by atoms with E-state index >= 15 is 0 Å². The van der Waals surface area contributed by atoms with Gasteiger partial charge in [0.15, 0.2) is 0 Å². The molecule has 2 nitrogen and oxygen atoms in total. The summed E-state index contributed by atoms with van der Waals surface area (Å²) in [7, 11) is 2.17. The normalized spacial score (nSPS) is 26.4. The summed E-state index contributed by atoms with van der Waals surface area (Å²) >= 11 is 1.94. The molecule has 1 aromatic heterocycles. The van der Waals surface area contributed by atoms with Crippen LogP contribution in [0, 0.1) is 0 Å². The van der Waals surface area contributed by atoms with E-state index < -0.39 is 0 Å². The highest BCUT2D eigenvalue weighted by atomic mass is 32.1. The molecule has 0 spiro atoms. The quantitative estimate of drug-likeness (QED) is 0.903. The molecule has 0 bridgehead atoms. The van der Waals surface area contributed by atoms with E-state index in [1.165, 1.54) is 58.0 Å². The van der Waals surface area contributed by atoms with Gasteiger partial charge in [-0.3, -0.25) is 4.90 Å². The van der Waals surface area contributed by atoms with Crippen LogP contribution in [0.25, 0.3) is 0 Å². The molecular formula is C17H28N2S. The summed E-state index contributed by atoms with van der Waals surface area (Å²) in [5.41, 5.74) is 2.01. The van der Waals surface area contributed by atoms with Gasteiger partial charge >= 0.3 is 0 Å². The van der Waals surface area contributed by atoms with Crippen molar-refractivity contribution in [3.05, 3.63) is 21.9 Å². The van der Waals surface area contributed by atoms with Crippen molar-refractivity contribution in [3.63, 3.8) is 0 Å². The lowest BCUT2D eigenvalue weighted by molar-refractivity contribution is 0.149. The zero-order valence-corrected chi connectivity index (χ0v) is 13.8. The summed E-state index contributed by atoms with van der Waals surface area (Å²) in [6, 6.07) is 2.95. The average molecular weight is 292 g/mol. The van der Waals surface area contributed by atoms with Crippen LogP contribution in [0.3, 0.4) is 0 Å². The van der Waals surface area contributed by atoms with E-state index in [1.54, 1.807) is 10.4 Å². The zero-order chi connectivity index (χ0) is 14.0. The maximum Gasteiger partial charge on any atom is 0.0331 e. The fourth-order valence-corrected chi connectivity index (χ4v) is 5.04. The van der Waals surface area contributed by atoms with E-state index in [4.69, 9.17) is 0 Å². The first-order chi connectivity index (χ1) is 9.74. The van der Waals surface area contributed by atoms with Crippen molar-refractivity contribution in [2.75, 3.05) is 20.1 Å². The molecule has 0 amide bonds. The molecule has 3 heteroatoms. The van der Waals surface area contributed by atoms with Crippen molar-refractivity contribution in [2.24, 2.45) is 0 Å². The van der Waals surface area contributed by atoms with Crippen LogP contribution in [0.15, 0.2) is 11.4 Å². The predicted octanol–water partition coefficient (Wildman–Crippen LogP) is 3.98. The molecule has 1 unspecified atom stereocenters. The number of hydrogen-bond donors (Lipinski definition) is 1. The molecule has 1 aromatic rings. The summed E-state index contributed by atoms with van der Waals surface area (Å²) in [5, 5.41) is 5.93. The molecule has 2 heterocycles. The third kappa shape index (κ3) is 2.81. The van der Waals surface area contributed by atoms with Crippen LogP contribution in [-0.2, 0) is 6.42 Å². The molecule has 1 atom stereocenters. The van der Waals surface area contributed by atoms with Crippen LogP contribution in [-0.4, -0.2) is 30.6 Å². The van der Waals surface area contributed by atoms with Gasteiger partial charge in [-0.1, -0.05) is 19.3 Å². The van der Waals surface area contributed by atoms with Gasteiger partial charge in [0.05, 0.1) is 0 Å². The van der Waals surface area contributed by atoms with Gasteiger partial charge in [0, 0.05) is 29.5 Å². The molecule has 0 saturated heterocycles. The summed E-state index contributed by atoms with van der Waals surface area (Å²) in [6.07, 6.45) is 9.56. The van der Waals surface area contributed by atoms with Gasteiger partial charge in [-0.05, 0) is 56.7 Å². The second kappa shape index (κ2) is 6.17. The Morgan fingerprint density at radius 1 is 1.35 bits per heavy atom. The summed E-state index contributed by atoms with van der Waals surface area (Å²) in [6.45, 7) is 4.88. The second-order valence-corrected chi connectivity index (χ2v) is 7.60. The van der Waals surface area contributed by atoms with Crippen molar-refractivity contribution in [3.8, 4) is 0 Å². The Hall–Kier alpha value is -0.380. The largest absolute Gasteiger partial charge is 0.314 e. The Balaban J connectivity index is 1.61. The summed E-state index contributed by atoms with van der Waals surface area (Å²) < 4.78 is 0. The number of hydrogen-bond acceptors (Lipinski definition) is 3. The van der Waals surface area contributed by atoms with Gasteiger partial charge < -0.3 is 5.32 Å². The Labute approximate surface area is 127 Å². The van der Waals surface area contributed by atoms with Gasteiger partial charge in [-0.2, -0.15) is 0 Å². The number of fused-ring (bicyclic) bond motifs is 1. The first-order valence-corrected chi connectivity index (χ1v) is 9.11. The molecule has 2 aliphatic rings. The first kappa shape index (κ1) is 14.6. The maximum atomic E-state index is 3.66. The molecule has 0 aromatic carbocycles. The fraction of sp³-hybridized carbons (Fsp3) is 0.765. The Bertz CT molecular complexity index is 434. The monoisotopic (exact) mass is 292 g/mol. The average Bonchev–Trinajstić information content (AvgIpc) is 2.97. The summed E-state index contributed by atoms with van der Waals surface area (Å²) in [5.74, 6) is 0. The lowest BCUT2D eigenvalue weighted by Gasteiger charge is -2.41.